The second-order valence-electron chi connectivity index (χ2n) is 4.23. The van der Waals surface area contributed by atoms with E-state index in [1.807, 2.05) is 18.5 Å². The van der Waals surface area contributed by atoms with E-state index in [0.717, 1.165) is 18.9 Å². The van der Waals surface area contributed by atoms with Gasteiger partial charge in [0.1, 0.15) is 5.82 Å². The van der Waals surface area contributed by atoms with Crippen LogP contribution in [-0.4, -0.2) is 28.8 Å². The fraction of sp³-hybridized carbons (Fsp3) is 0.417. The fourth-order valence-corrected chi connectivity index (χ4v) is 2.93. The minimum absolute atomic E-state index is 0.150. The lowest BCUT2D eigenvalue weighted by atomic mass is 10.0. The van der Waals surface area contributed by atoms with Gasteiger partial charge in [0.05, 0.1) is 17.5 Å². The number of hydrogen-bond donors (Lipinski definition) is 1. The van der Waals surface area contributed by atoms with E-state index < -0.39 is 0 Å². The third kappa shape index (κ3) is 2.01. The van der Waals surface area contributed by atoms with Gasteiger partial charge in [0.2, 0.25) is 0 Å². The van der Waals surface area contributed by atoms with Crippen molar-refractivity contribution in [1.29, 1.82) is 0 Å². The van der Waals surface area contributed by atoms with Crippen molar-refractivity contribution in [3.8, 4) is 10.7 Å². The highest BCUT2D eigenvalue weighted by atomic mass is 32.1. The van der Waals surface area contributed by atoms with Crippen LogP contribution in [0.25, 0.3) is 10.7 Å². The normalized spacial score (nSPS) is 25.0. The average molecular weight is 249 g/mol. The van der Waals surface area contributed by atoms with E-state index in [1.165, 1.54) is 4.88 Å². The van der Waals surface area contributed by atoms with Crippen molar-refractivity contribution in [3.63, 3.8) is 0 Å². The molecule has 1 aliphatic rings. The SMILES string of the molecule is NC1CCOCC1n1ccnc1-c1cccs1. The summed E-state index contributed by atoms with van der Waals surface area (Å²) < 4.78 is 7.67. The van der Waals surface area contributed by atoms with Crippen LogP contribution in [0.1, 0.15) is 12.5 Å². The molecule has 0 radical (unpaired) electrons. The van der Waals surface area contributed by atoms with E-state index in [4.69, 9.17) is 10.5 Å². The molecule has 1 saturated heterocycles. The van der Waals surface area contributed by atoms with Crippen molar-refractivity contribution in [2.24, 2.45) is 5.73 Å². The third-order valence-corrected chi connectivity index (χ3v) is 4.01. The molecule has 0 spiro atoms. The van der Waals surface area contributed by atoms with Crippen LogP contribution in [0.4, 0.5) is 0 Å². The molecule has 17 heavy (non-hydrogen) atoms. The third-order valence-electron chi connectivity index (χ3n) is 3.15. The van der Waals surface area contributed by atoms with Crippen LogP contribution in [0, 0.1) is 0 Å². The standard InChI is InChI=1S/C12H15N3OS/c13-9-3-6-16-8-10(9)15-5-4-14-12(15)11-2-1-7-17-11/h1-2,4-5,7,9-10H,3,6,8,13H2. The number of thiophene rings is 1. The molecule has 0 aliphatic carbocycles. The maximum atomic E-state index is 6.17. The molecule has 4 nitrogen and oxygen atoms in total. The number of hydrogen-bond acceptors (Lipinski definition) is 4. The Morgan fingerprint density at radius 1 is 1.53 bits per heavy atom. The molecule has 2 aromatic heterocycles. The lowest BCUT2D eigenvalue weighted by Gasteiger charge is -2.30. The van der Waals surface area contributed by atoms with Gasteiger partial charge in [-0.15, -0.1) is 11.3 Å². The second-order valence-corrected chi connectivity index (χ2v) is 5.18. The van der Waals surface area contributed by atoms with Gasteiger partial charge in [-0.3, -0.25) is 0 Å². The quantitative estimate of drug-likeness (QED) is 0.884. The molecule has 2 atom stereocenters. The predicted octanol–water partition coefficient (Wildman–Crippen LogP) is 1.90. The van der Waals surface area contributed by atoms with Crippen LogP contribution in [-0.2, 0) is 4.74 Å². The molecule has 90 valence electrons. The topological polar surface area (TPSA) is 53.1 Å². The molecule has 2 unspecified atom stereocenters. The number of nitrogens with two attached hydrogens (primary N) is 1. The average Bonchev–Trinajstić information content (AvgIpc) is 3.00. The Morgan fingerprint density at radius 3 is 3.24 bits per heavy atom. The molecule has 3 heterocycles. The van der Waals surface area contributed by atoms with Crippen molar-refractivity contribution in [1.82, 2.24) is 9.55 Å². The summed E-state index contributed by atoms with van der Waals surface area (Å²) in [6.45, 7) is 1.44. The van der Waals surface area contributed by atoms with Gasteiger partial charge >= 0.3 is 0 Å². The first kappa shape index (κ1) is 11.0. The summed E-state index contributed by atoms with van der Waals surface area (Å²) in [5, 5.41) is 2.06. The summed E-state index contributed by atoms with van der Waals surface area (Å²) in [4.78, 5) is 5.60. The number of imidazole rings is 1. The molecular formula is C12H15N3OS. The lowest BCUT2D eigenvalue weighted by Crippen LogP contribution is -2.40. The fourth-order valence-electron chi connectivity index (χ4n) is 2.20. The van der Waals surface area contributed by atoms with E-state index in [1.54, 1.807) is 11.3 Å². The molecule has 1 fully saturated rings. The molecule has 1 aliphatic heterocycles. The Morgan fingerprint density at radius 2 is 2.47 bits per heavy atom. The molecule has 2 aromatic rings. The van der Waals surface area contributed by atoms with Gasteiger partial charge in [-0.2, -0.15) is 0 Å². The Kier molecular flexibility index (Phi) is 2.96. The van der Waals surface area contributed by atoms with Crippen molar-refractivity contribution in [2.75, 3.05) is 13.2 Å². The second kappa shape index (κ2) is 4.60. The summed E-state index contributed by atoms with van der Waals surface area (Å²) >= 11 is 1.70. The molecule has 5 heteroatoms. The van der Waals surface area contributed by atoms with Crippen LogP contribution in [0.5, 0.6) is 0 Å². The van der Waals surface area contributed by atoms with E-state index in [9.17, 15) is 0 Å². The van der Waals surface area contributed by atoms with Crippen LogP contribution in [0.15, 0.2) is 29.9 Å². The summed E-state index contributed by atoms with van der Waals surface area (Å²) in [7, 11) is 0. The Bertz CT molecular complexity index is 480. The first-order valence-corrected chi connectivity index (χ1v) is 6.64. The summed E-state index contributed by atoms with van der Waals surface area (Å²) in [5.41, 5.74) is 6.17. The molecule has 0 saturated carbocycles. The van der Waals surface area contributed by atoms with Gasteiger partial charge in [0.15, 0.2) is 0 Å². The molecule has 2 N–H and O–H groups in total. The highest BCUT2D eigenvalue weighted by Gasteiger charge is 2.26. The zero-order valence-electron chi connectivity index (χ0n) is 9.45. The van der Waals surface area contributed by atoms with E-state index in [0.29, 0.717) is 6.61 Å². The zero-order valence-corrected chi connectivity index (χ0v) is 10.3. The number of nitrogens with zero attached hydrogens (tertiary/aromatic N) is 2. The van der Waals surface area contributed by atoms with Crippen molar-refractivity contribution >= 4 is 11.3 Å². The molecule has 0 aromatic carbocycles. The maximum Gasteiger partial charge on any atom is 0.150 e. The minimum atomic E-state index is 0.150. The van der Waals surface area contributed by atoms with Crippen LogP contribution >= 0.6 is 11.3 Å². The van der Waals surface area contributed by atoms with Crippen molar-refractivity contribution < 1.29 is 4.74 Å². The maximum absolute atomic E-state index is 6.17. The van der Waals surface area contributed by atoms with Gasteiger partial charge in [-0.1, -0.05) is 6.07 Å². The molecule has 0 bridgehead atoms. The van der Waals surface area contributed by atoms with Crippen molar-refractivity contribution in [3.05, 3.63) is 29.9 Å². The van der Waals surface area contributed by atoms with Gasteiger partial charge in [0.25, 0.3) is 0 Å². The number of rotatable bonds is 2. The highest BCUT2D eigenvalue weighted by molar-refractivity contribution is 7.13. The highest BCUT2D eigenvalue weighted by Crippen LogP contribution is 2.28. The van der Waals surface area contributed by atoms with Crippen LogP contribution in [0.3, 0.4) is 0 Å². The molecule has 3 rings (SSSR count). The number of aromatic nitrogens is 2. The van der Waals surface area contributed by atoms with Gasteiger partial charge in [0, 0.05) is 25.0 Å². The van der Waals surface area contributed by atoms with Gasteiger partial charge in [-0.25, -0.2) is 4.98 Å². The van der Waals surface area contributed by atoms with Gasteiger partial charge in [-0.05, 0) is 17.9 Å². The largest absolute Gasteiger partial charge is 0.379 e. The smallest absolute Gasteiger partial charge is 0.150 e. The van der Waals surface area contributed by atoms with Crippen LogP contribution < -0.4 is 5.73 Å². The first-order chi connectivity index (χ1) is 8.36. The summed E-state index contributed by atoms with van der Waals surface area (Å²) in [5.74, 6) is 0.992. The monoisotopic (exact) mass is 249 g/mol. The summed E-state index contributed by atoms with van der Waals surface area (Å²) in [6.07, 6.45) is 4.73. The van der Waals surface area contributed by atoms with E-state index >= 15 is 0 Å². The Labute approximate surface area is 104 Å². The Hall–Kier alpha value is -1.17. The summed E-state index contributed by atoms with van der Waals surface area (Å²) in [6, 6.07) is 4.47. The molecular weight excluding hydrogens is 234 g/mol. The number of ether oxygens (including phenoxy) is 1. The molecule has 0 amide bonds. The van der Waals surface area contributed by atoms with E-state index in [-0.39, 0.29) is 12.1 Å². The first-order valence-electron chi connectivity index (χ1n) is 5.76. The Balaban J connectivity index is 1.95. The van der Waals surface area contributed by atoms with Crippen LogP contribution in [0.2, 0.25) is 0 Å². The van der Waals surface area contributed by atoms with Gasteiger partial charge < -0.3 is 15.0 Å². The lowest BCUT2D eigenvalue weighted by molar-refractivity contribution is 0.0474. The predicted molar refractivity (Wildman–Crippen MR) is 68.0 cm³/mol. The van der Waals surface area contributed by atoms with Crippen molar-refractivity contribution in [2.45, 2.75) is 18.5 Å². The van der Waals surface area contributed by atoms with E-state index in [2.05, 4.69) is 21.0 Å². The minimum Gasteiger partial charge on any atom is -0.379 e. The zero-order chi connectivity index (χ0) is 11.7.